The summed E-state index contributed by atoms with van der Waals surface area (Å²) in [6, 6.07) is 0. The maximum Gasteiger partial charge on any atom is 0.330 e. The summed E-state index contributed by atoms with van der Waals surface area (Å²) in [5.74, 6) is -0.380. The lowest BCUT2D eigenvalue weighted by atomic mass is 9.56. The topological polar surface area (TPSA) is 61.8 Å². The molecule has 5 heteroatoms. The van der Waals surface area contributed by atoms with Crippen LogP contribution in [0.3, 0.4) is 0 Å². The normalized spacial score (nSPS) is 49.7. The Morgan fingerprint density at radius 1 is 1.42 bits per heavy atom. The molecule has 1 aliphatic carbocycles. The Balaban J connectivity index is 1.71. The fourth-order valence-corrected chi connectivity index (χ4v) is 4.51. The number of ether oxygens (including phenoxy) is 3. The SMILES string of the molecule is C=CC(=O)OC1C2OC(=O)C34CCCCC3C2OC14. The van der Waals surface area contributed by atoms with E-state index in [1.165, 1.54) is 0 Å². The molecular weight excluding hydrogens is 248 g/mol. The van der Waals surface area contributed by atoms with Gasteiger partial charge in [0.15, 0.2) is 12.2 Å². The van der Waals surface area contributed by atoms with Gasteiger partial charge in [0.2, 0.25) is 0 Å². The second-order valence-electron chi connectivity index (χ2n) is 5.89. The Morgan fingerprint density at radius 3 is 3.05 bits per heavy atom. The number of carbonyl (C=O) groups is 2. The molecular formula is C14H16O5. The van der Waals surface area contributed by atoms with Crippen molar-refractivity contribution in [2.45, 2.75) is 50.1 Å². The van der Waals surface area contributed by atoms with Gasteiger partial charge in [-0.1, -0.05) is 19.4 Å². The Morgan fingerprint density at radius 2 is 2.26 bits per heavy atom. The van der Waals surface area contributed by atoms with Crippen LogP contribution in [-0.2, 0) is 23.8 Å². The maximum atomic E-state index is 12.3. The summed E-state index contributed by atoms with van der Waals surface area (Å²) in [5.41, 5.74) is -0.566. The first-order valence-corrected chi connectivity index (χ1v) is 6.88. The van der Waals surface area contributed by atoms with Crippen LogP contribution >= 0.6 is 0 Å². The van der Waals surface area contributed by atoms with Gasteiger partial charge in [-0.2, -0.15) is 0 Å². The Hall–Kier alpha value is -1.36. The van der Waals surface area contributed by atoms with Gasteiger partial charge in [-0.3, -0.25) is 4.79 Å². The highest BCUT2D eigenvalue weighted by Crippen LogP contribution is 2.63. The van der Waals surface area contributed by atoms with Gasteiger partial charge in [-0.05, 0) is 12.8 Å². The van der Waals surface area contributed by atoms with Crippen molar-refractivity contribution in [3.05, 3.63) is 12.7 Å². The minimum Gasteiger partial charge on any atom is -0.455 e. The molecule has 5 rings (SSSR count). The van der Waals surface area contributed by atoms with Crippen LogP contribution in [0, 0.1) is 11.3 Å². The van der Waals surface area contributed by atoms with E-state index >= 15 is 0 Å². The molecule has 19 heavy (non-hydrogen) atoms. The van der Waals surface area contributed by atoms with Gasteiger partial charge < -0.3 is 14.2 Å². The largest absolute Gasteiger partial charge is 0.455 e. The molecule has 5 aliphatic rings. The molecule has 4 bridgehead atoms. The van der Waals surface area contributed by atoms with Crippen molar-refractivity contribution in [2.24, 2.45) is 11.3 Å². The van der Waals surface area contributed by atoms with E-state index in [-0.39, 0.29) is 24.1 Å². The smallest absolute Gasteiger partial charge is 0.330 e. The van der Waals surface area contributed by atoms with Crippen molar-refractivity contribution < 1.29 is 23.8 Å². The predicted octanol–water partition coefficient (Wildman–Crippen LogP) is 0.967. The highest BCUT2D eigenvalue weighted by molar-refractivity contribution is 5.84. The standard InChI is InChI=1S/C14H16O5/c1-2-8(15)17-11-10-9-7-5-3-4-6-14(7,12(11)18-9)13(16)19-10/h2,7,9-12H,1,3-6H2. The fraction of sp³-hybridized carbons (Fsp3) is 0.714. The zero-order chi connectivity index (χ0) is 13.2. The van der Waals surface area contributed by atoms with E-state index in [1.807, 2.05) is 0 Å². The minimum atomic E-state index is -0.566. The van der Waals surface area contributed by atoms with E-state index < -0.39 is 23.6 Å². The van der Waals surface area contributed by atoms with Crippen LogP contribution in [0.2, 0.25) is 0 Å². The Labute approximate surface area is 110 Å². The molecule has 1 spiro atoms. The van der Waals surface area contributed by atoms with Crippen molar-refractivity contribution in [3.8, 4) is 0 Å². The third-order valence-electron chi connectivity index (χ3n) is 5.21. The van der Waals surface area contributed by atoms with E-state index in [2.05, 4.69) is 6.58 Å². The molecule has 1 saturated carbocycles. The fourth-order valence-electron chi connectivity index (χ4n) is 4.51. The van der Waals surface area contributed by atoms with Crippen LogP contribution in [0.15, 0.2) is 12.7 Å². The summed E-state index contributed by atoms with van der Waals surface area (Å²) in [7, 11) is 0. The van der Waals surface area contributed by atoms with Crippen LogP contribution in [0.1, 0.15) is 25.7 Å². The lowest BCUT2D eigenvalue weighted by Gasteiger charge is -2.51. The van der Waals surface area contributed by atoms with E-state index in [1.54, 1.807) is 0 Å². The molecule has 0 aromatic heterocycles. The molecule has 102 valence electrons. The molecule has 0 amide bonds. The van der Waals surface area contributed by atoms with Gasteiger partial charge in [-0.25, -0.2) is 4.79 Å². The average Bonchev–Trinajstić information content (AvgIpc) is 2.91. The van der Waals surface area contributed by atoms with Gasteiger partial charge >= 0.3 is 11.9 Å². The molecule has 0 aromatic carbocycles. The van der Waals surface area contributed by atoms with Gasteiger partial charge in [0, 0.05) is 12.0 Å². The van der Waals surface area contributed by atoms with Crippen LogP contribution in [0.5, 0.6) is 0 Å². The Bertz CT molecular complexity index is 472. The molecule has 0 radical (unpaired) electrons. The molecule has 0 N–H and O–H groups in total. The summed E-state index contributed by atoms with van der Waals surface area (Å²) < 4.78 is 16.8. The second kappa shape index (κ2) is 3.60. The maximum absolute atomic E-state index is 12.3. The van der Waals surface area contributed by atoms with Gasteiger partial charge in [0.25, 0.3) is 0 Å². The Kier molecular flexibility index (Phi) is 2.17. The van der Waals surface area contributed by atoms with Crippen LogP contribution in [-0.4, -0.2) is 36.4 Å². The highest BCUT2D eigenvalue weighted by Gasteiger charge is 2.77. The average molecular weight is 264 g/mol. The van der Waals surface area contributed by atoms with Gasteiger partial charge in [-0.15, -0.1) is 0 Å². The van der Waals surface area contributed by atoms with Crippen LogP contribution in [0.25, 0.3) is 0 Å². The van der Waals surface area contributed by atoms with Crippen molar-refractivity contribution in [2.75, 3.05) is 0 Å². The van der Waals surface area contributed by atoms with Gasteiger partial charge in [0.1, 0.15) is 17.6 Å². The number of carbonyl (C=O) groups excluding carboxylic acids is 2. The first-order chi connectivity index (χ1) is 9.18. The summed E-state index contributed by atoms with van der Waals surface area (Å²) in [6.45, 7) is 3.40. The summed E-state index contributed by atoms with van der Waals surface area (Å²) in [4.78, 5) is 23.7. The van der Waals surface area contributed by atoms with E-state index in [0.29, 0.717) is 0 Å². The molecule has 6 unspecified atom stereocenters. The van der Waals surface area contributed by atoms with E-state index in [0.717, 1.165) is 31.8 Å². The monoisotopic (exact) mass is 264 g/mol. The molecule has 5 fully saturated rings. The van der Waals surface area contributed by atoms with Crippen LogP contribution in [0.4, 0.5) is 0 Å². The molecule has 0 aromatic rings. The summed E-state index contributed by atoms with van der Waals surface area (Å²) in [5, 5.41) is 0. The number of fused-ring (bicyclic) bond motifs is 1. The summed E-state index contributed by atoms with van der Waals surface area (Å²) >= 11 is 0. The quantitative estimate of drug-likeness (QED) is 0.549. The molecule has 4 aliphatic heterocycles. The summed E-state index contributed by atoms with van der Waals surface area (Å²) in [6.07, 6.45) is 3.78. The molecule has 6 atom stereocenters. The number of esters is 2. The van der Waals surface area contributed by atoms with Crippen LogP contribution < -0.4 is 0 Å². The van der Waals surface area contributed by atoms with Crippen molar-refractivity contribution in [1.82, 2.24) is 0 Å². The second-order valence-corrected chi connectivity index (χ2v) is 5.89. The number of hydrogen-bond acceptors (Lipinski definition) is 5. The first kappa shape index (κ1) is 11.5. The molecule has 5 nitrogen and oxygen atoms in total. The van der Waals surface area contributed by atoms with E-state index in [4.69, 9.17) is 14.2 Å². The van der Waals surface area contributed by atoms with Gasteiger partial charge in [0.05, 0.1) is 0 Å². The van der Waals surface area contributed by atoms with Crippen molar-refractivity contribution in [3.63, 3.8) is 0 Å². The first-order valence-electron chi connectivity index (χ1n) is 6.88. The zero-order valence-corrected chi connectivity index (χ0v) is 10.5. The lowest BCUT2D eigenvalue weighted by Crippen LogP contribution is -2.66. The number of rotatable bonds is 2. The third-order valence-corrected chi connectivity index (χ3v) is 5.21. The lowest BCUT2D eigenvalue weighted by molar-refractivity contribution is -0.212. The van der Waals surface area contributed by atoms with Crippen molar-refractivity contribution in [1.29, 1.82) is 0 Å². The highest BCUT2D eigenvalue weighted by atomic mass is 16.7. The van der Waals surface area contributed by atoms with Crippen molar-refractivity contribution >= 4 is 11.9 Å². The minimum absolute atomic E-state index is 0.0920. The predicted molar refractivity (Wildman–Crippen MR) is 63.0 cm³/mol. The number of hydrogen-bond donors (Lipinski definition) is 0. The zero-order valence-electron chi connectivity index (χ0n) is 10.5. The molecule has 4 saturated heterocycles. The third kappa shape index (κ3) is 1.19. The van der Waals surface area contributed by atoms with E-state index in [9.17, 15) is 9.59 Å². The molecule has 4 heterocycles.